The molecule has 20 heavy (non-hydrogen) atoms. The summed E-state index contributed by atoms with van der Waals surface area (Å²) in [5.74, 6) is 0.486. The van der Waals surface area contributed by atoms with Crippen LogP contribution in [0, 0.1) is 10.1 Å². The van der Waals surface area contributed by atoms with Gasteiger partial charge in [0.15, 0.2) is 17.4 Å². The van der Waals surface area contributed by atoms with Crippen molar-refractivity contribution in [2.45, 2.75) is 6.42 Å². The Kier molecular flexibility index (Phi) is 2.99. The van der Waals surface area contributed by atoms with Gasteiger partial charge in [0.05, 0.1) is 4.92 Å². The van der Waals surface area contributed by atoms with Gasteiger partial charge in [-0.2, -0.15) is 9.97 Å². The highest BCUT2D eigenvalue weighted by atomic mass is 16.6. The third-order valence-corrected chi connectivity index (χ3v) is 2.62. The van der Waals surface area contributed by atoms with Gasteiger partial charge in [-0.1, -0.05) is 11.2 Å². The molecule has 0 aliphatic heterocycles. The molecule has 102 valence electrons. The van der Waals surface area contributed by atoms with Crippen LogP contribution >= 0.6 is 0 Å². The third kappa shape index (κ3) is 2.28. The SMILES string of the molecule is O=[N+]([O-])c1cccc2oc(NCCc3ncno3)nc12. The molecule has 9 nitrogen and oxygen atoms in total. The first kappa shape index (κ1) is 12.1. The molecule has 0 amide bonds. The maximum atomic E-state index is 10.9. The lowest BCUT2D eigenvalue weighted by Gasteiger charge is -1.96. The average Bonchev–Trinajstić information content (AvgIpc) is 3.06. The largest absolute Gasteiger partial charge is 0.423 e. The zero-order chi connectivity index (χ0) is 13.9. The van der Waals surface area contributed by atoms with Crippen LogP contribution in [0.5, 0.6) is 0 Å². The monoisotopic (exact) mass is 275 g/mol. The first-order valence-corrected chi connectivity index (χ1v) is 5.77. The minimum atomic E-state index is -0.493. The number of anilines is 1. The zero-order valence-corrected chi connectivity index (χ0v) is 10.1. The van der Waals surface area contributed by atoms with E-state index in [2.05, 4.69) is 20.4 Å². The molecule has 0 saturated carbocycles. The maximum Gasteiger partial charge on any atom is 0.298 e. The molecule has 2 heterocycles. The van der Waals surface area contributed by atoms with Crippen LogP contribution in [0.15, 0.2) is 33.5 Å². The zero-order valence-electron chi connectivity index (χ0n) is 10.1. The van der Waals surface area contributed by atoms with Gasteiger partial charge in [0.1, 0.15) is 0 Å². The number of nitrogens with one attached hydrogen (secondary N) is 1. The smallest absolute Gasteiger partial charge is 0.298 e. The van der Waals surface area contributed by atoms with E-state index >= 15 is 0 Å². The van der Waals surface area contributed by atoms with E-state index in [1.165, 1.54) is 12.4 Å². The maximum absolute atomic E-state index is 10.9. The van der Waals surface area contributed by atoms with Crippen molar-refractivity contribution in [2.24, 2.45) is 0 Å². The Labute approximate surface area is 111 Å². The number of non-ortho nitro benzene ring substituents is 1. The van der Waals surface area contributed by atoms with Crippen molar-refractivity contribution < 1.29 is 13.9 Å². The van der Waals surface area contributed by atoms with Crippen molar-refractivity contribution in [2.75, 3.05) is 11.9 Å². The summed E-state index contributed by atoms with van der Waals surface area (Å²) in [5.41, 5.74) is 0.494. The Morgan fingerprint density at radius 3 is 3.05 bits per heavy atom. The van der Waals surface area contributed by atoms with Gasteiger partial charge in [0.25, 0.3) is 11.7 Å². The van der Waals surface area contributed by atoms with Crippen LogP contribution in [0.1, 0.15) is 5.89 Å². The van der Waals surface area contributed by atoms with Crippen LogP contribution in [0.4, 0.5) is 11.7 Å². The summed E-state index contributed by atoms with van der Waals surface area (Å²) in [6.07, 6.45) is 1.82. The van der Waals surface area contributed by atoms with Crippen molar-refractivity contribution in [3.05, 3.63) is 40.5 Å². The summed E-state index contributed by atoms with van der Waals surface area (Å²) in [5, 5.41) is 17.3. The van der Waals surface area contributed by atoms with Gasteiger partial charge in [-0.05, 0) is 6.07 Å². The number of benzene rings is 1. The van der Waals surface area contributed by atoms with E-state index in [0.29, 0.717) is 24.4 Å². The van der Waals surface area contributed by atoms with Gasteiger partial charge >= 0.3 is 0 Å². The van der Waals surface area contributed by atoms with Gasteiger partial charge < -0.3 is 14.3 Å². The molecule has 9 heteroatoms. The lowest BCUT2D eigenvalue weighted by Crippen LogP contribution is -2.05. The molecule has 0 atom stereocenters. The van der Waals surface area contributed by atoms with Crippen molar-refractivity contribution in [1.82, 2.24) is 15.1 Å². The number of nitro benzene ring substituents is 1. The summed E-state index contributed by atoms with van der Waals surface area (Å²) >= 11 is 0. The molecule has 3 aromatic rings. The Morgan fingerprint density at radius 1 is 1.40 bits per heavy atom. The van der Waals surface area contributed by atoms with Gasteiger partial charge in [0.2, 0.25) is 5.89 Å². The molecule has 0 aliphatic rings. The lowest BCUT2D eigenvalue weighted by molar-refractivity contribution is -0.383. The Morgan fingerprint density at radius 2 is 2.30 bits per heavy atom. The number of hydrogen-bond donors (Lipinski definition) is 1. The van der Waals surface area contributed by atoms with Crippen LogP contribution in [-0.4, -0.2) is 26.6 Å². The van der Waals surface area contributed by atoms with Crippen LogP contribution in [0.25, 0.3) is 11.1 Å². The fraction of sp³-hybridized carbons (Fsp3) is 0.182. The summed E-state index contributed by atoms with van der Waals surface area (Å²) in [4.78, 5) is 18.3. The number of rotatable bonds is 5. The molecule has 3 rings (SSSR count). The molecular formula is C11H9N5O4. The van der Waals surface area contributed by atoms with Crippen molar-refractivity contribution >= 4 is 22.8 Å². The quantitative estimate of drug-likeness (QED) is 0.552. The third-order valence-electron chi connectivity index (χ3n) is 2.62. The van der Waals surface area contributed by atoms with E-state index in [-0.39, 0.29) is 17.2 Å². The van der Waals surface area contributed by atoms with Crippen molar-refractivity contribution in [3.8, 4) is 0 Å². The fourth-order valence-electron chi connectivity index (χ4n) is 1.74. The van der Waals surface area contributed by atoms with E-state index in [1.54, 1.807) is 12.1 Å². The Bertz CT molecular complexity index is 736. The highest BCUT2D eigenvalue weighted by Crippen LogP contribution is 2.27. The molecule has 0 radical (unpaired) electrons. The second-order valence-electron chi connectivity index (χ2n) is 3.91. The number of fused-ring (bicyclic) bond motifs is 1. The highest BCUT2D eigenvalue weighted by molar-refractivity contribution is 5.83. The predicted molar refractivity (Wildman–Crippen MR) is 67.2 cm³/mol. The normalized spacial score (nSPS) is 10.8. The number of aromatic nitrogens is 3. The Hall–Kier alpha value is -2.97. The first-order valence-electron chi connectivity index (χ1n) is 5.77. The second kappa shape index (κ2) is 4.96. The number of para-hydroxylation sites is 1. The van der Waals surface area contributed by atoms with Gasteiger partial charge in [-0.25, -0.2) is 0 Å². The molecule has 1 N–H and O–H groups in total. The summed E-state index contributed by atoms with van der Waals surface area (Å²) in [7, 11) is 0. The molecule has 0 unspecified atom stereocenters. The van der Waals surface area contributed by atoms with E-state index < -0.39 is 4.92 Å². The summed E-state index contributed by atoms with van der Waals surface area (Å²) in [6.45, 7) is 0.461. The summed E-state index contributed by atoms with van der Waals surface area (Å²) in [6, 6.07) is 4.77. The van der Waals surface area contributed by atoms with Crippen LogP contribution in [-0.2, 0) is 6.42 Å². The molecule has 0 saturated heterocycles. The Balaban J connectivity index is 1.76. The van der Waals surface area contributed by atoms with Gasteiger partial charge in [-0.15, -0.1) is 0 Å². The topological polar surface area (TPSA) is 120 Å². The molecule has 2 aromatic heterocycles. The molecule has 0 spiro atoms. The minimum Gasteiger partial charge on any atom is -0.423 e. The number of nitrogens with zero attached hydrogens (tertiary/aromatic N) is 4. The fourth-order valence-corrected chi connectivity index (χ4v) is 1.74. The molecule has 0 fully saturated rings. The van der Waals surface area contributed by atoms with Crippen LogP contribution in [0.3, 0.4) is 0 Å². The number of oxazole rings is 1. The van der Waals surface area contributed by atoms with Gasteiger partial charge in [-0.3, -0.25) is 10.1 Å². The van der Waals surface area contributed by atoms with E-state index in [0.717, 1.165) is 0 Å². The standard InChI is InChI=1S/C11H9N5O4/c17-16(18)7-2-1-3-8-10(7)15-11(19-8)12-5-4-9-13-6-14-20-9/h1-3,6H,4-5H2,(H,12,15). The van der Waals surface area contributed by atoms with E-state index in [1.807, 2.05) is 0 Å². The van der Waals surface area contributed by atoms with Crippen LogP contribution in [0.2, 0.25) is 0 Å². The number of hydrogen-bond acceptors (Lipinski definition) is 8. The second-order valence-corrected chi connectivity index (χ2v) is 3.91. The minimum absolute atomic E-state index is 0.0869. The first-order chi connectivity index (χ1) is 9.74. The number of nitro groups is 1. The van der Waals surface area contributed by atoms with E-state index in [9.17, 15) is 10.1 Å². The molecule has 0 aliphatic carbocycles. The van der Waals surface area contributed by atoms with Crippen molar-refractivity contribution in [1.29, 1.82) is 0 Å². The van der Waals surface area contributed by atoms with Gasteiger partial charge in [0, 0.05) is 19.0 Å². The summed E-state index contributed by atoms with van der Waals surface area (Å²) < 4.78 is 10.2. The average molecular weight is 275 g/mol. The van der Waals surface area contributed by atoms with E-state index in [4.69, 9.17) is 8.94 Å². The van der Waals surface area contributed by atoms with Crippen molar-refractivity contribution in [3.63, 3.8) is 0 Å². The molecular weight excluding hydrogens is 266 g/mol. The highest BCUT2D eigenvalue weighted by Gasteiger charge is 2.17. The predicted octanol–water partition coefficient (Wildman–Crippen LogP) is 1.77. The van der Waals surface area contributed by atoms with Crippen LogP contribution < -0.4 is 5.32 Å². The molecule has 1 aromatic carbocycles. The molecule has 0 bridgehead atoms. The lowest BCUT2D eigenvalue weighted by atomic mass is 10.3.